The fourth-order valence-corrected chi connectivity index (χ4v) is 2.60. The largest absolute Gasteiger partial charge is 0.491 e. The van der Waals surface area contributed by atoms with Gasteiger partial charge in [0.1, 0.15) is 18.2 Å². The number of carbonyl (C=O) groups excluding carboxylic acids is 2. The highest BCUT2D eigenvalue weighted by Crippen LogP contribution is 2.17. The van der Waals surface area contributed by atoms with Crippen molar-refractivity contribution in [2.75, 3.05) is 25.1 Å². The fraction of sp³-hybridized carbons (Fsp3) is 0.300. The van der Waals surface area contributed by atoms with Gasteiger partial charge in [-0.3, -0.25) is 4.79 Å². The topological polar surface area (TPSA) is 73.9 Å². The Balaban J connectivity index is 1.43. The number of esters is 1. The maximum atomic E-state index is 12.8. The van der Waals surface area contributed by atoms with Crippen LogP contribution in [-0.2, 0) is 14.3 Å². The van der Waals surface area contributed by atoms with Crippen LogP contribution in [0.4, 0.5) is 10.1 Å². The summed E-state index contributed by atoms with van der Waals surface area (Å²) in [6, 6.07) is 11.8. The van der Waals surface area contributed by atoms with E-state index in [0.29, 0.717) is 23.6 Å². The monoisotopic (exact) mass is 373 g/mol. The lowest BCUT2D eigenvalue weighted by Crippen LogP contribution is -2.21. The van der Waals surface area contributed by atoms with Crippen molar-refractivity contribution in [1.29, 1.82) is 0 Å². The van der Waals surface area contributed by atoms with E-state index in [2.05, 4.69) is 5.32 Å². The summed E-state index contributed by atoms with van der Waals surface area (Å²) in [6.07, 6.45) is 2.16. The van der Waals surface area contributed by atoms with E-state index in [1.165, 1.54) is 24.3 Å². The number of hydrogen-bond acceptors (Lipinski definition) is 5. The van der Waals surface area contributed by atoms with Gasteiger partial charge < -0.3 is 19.5 Å². The van der Waals surface area contributed by atoms with E-state index in [1.54, 1.807) is 24.3 Å². The van der Waals surface area contributed by atoms with Crippen LogP contribution < -0.4 is 10.1 Å². The molecular formula is C20H20FNO5. The molecule has 6 nitrogen and oxygen atoms in total. The van der Waals surface area contributed by atoms with Crippen LogP contribution in [0.1, 0.15) is 23.2 Å². The van der Waals surface area contributed by atoms with Crippen molar-refractivity contribution in [1.82, 2.24) is 0 Å². The van der Waals surface area contributed by atoms with Gasteiger partial charge in [-0.05, 0) is 61.4 Å². The van der Waals surface area contributed by atoms with Gasteiger partial charge in [0.2, 0.25) is 0 Å². The Morgan fingerprint density at radius 2 is 1.85 bits per heavy atom. The van der Waals surface area contributed by atoms with E-state index < -0.39 is 24.3 Å². The third kappa shape index (κ3) is 5.79. The highest BCUT2D eigenvalue weighted by atomic mass is 19.1. The molecule has 0 bridgehead atoms. The molecule has 2 aromatic rings. The summed E-state index contributed by atoms with van der Waals surface area (Å²) >= 11 is 0. The van der Waals surface area contributed by atoms with E-state index in [-0.39, 0.29) is 6.10 Å². The number of hydrogen-bond donors (Lipinski definition) is 1. The molecule has 142 valence electrons. The number of anilines is 1. The number of halogens is 1. The molecule has 2 aromatic carbocycles. The van der Waals surface area contributed by atoms with Crippen LogP contribution in [0.2, 0.25) is 0 Å². The van der Waals surface area contributed by atoms with Crippen molar-refractivity contribution in [2.45, 2.75) is 18.9 Å². The van der Waals surface area contributed by atoms with Gasteiger partial charge >= 0.3 is 5.97 Å². The molecule has 0 spiro atoms. The zero-order chi connectivity index (χ0) is 19.1. The van der Waals surface area contributed by atoms with Gasteiger partial charge in [0.05, 0.1) is 11.7 Å². The van der Waals surface area contributed by atoms with Gasteiger partial charge in [-0.2, -0.15) is 0 Å². The van der Waals surface area contributed by atoms with Crippen molar-refractivity contribution >= 4 is 17.6 Å². The maximum Gasteiger partial charge on any atom is 0.338 e. The normalized spacial score (nSPS) is 16.0. The molecule has 1 aliphatic rings. The Morgan fingerprint density at radius 3 is 2.52 bits per heavy atom. The molecule has 1 heterocycles. The molecule has 0 unspecified atom stereocenters. The number of carbonyl (C=O) groups is 2. The summed E-state index contributed by atoms with van der Waals surface area (Å²) in [5.74, 6) is -0.889. The van der Waals surface area contributed by atoms with Crippen LogP contribution in [0.15, 0.2) is 48.5 Å². The lowest BCUT2D eigenvalue weighted by Gasteiger charge is -2.11. The van der Waals surface area contributed by atoms with E-state index in [9.17, 15) is 14.0 Å². The van der Waals surface area contributed by atoms with Gasteiger partial charge in [-0.15, -0.1) is 0 Å². The summed E-state index contributed by atoms with van der Waals surface area (Å²) in [4.78, 5) is 23.8. The van der Waals surface area contributed by atoms with Gasteiger partial charge in [0, 0.05) is 12.3 Å². The van der Waals surface area contributed by atoms with Crippen LogP contribution in [0, 0.1) is 5.82 Å². The smallest absolute Gasteiger partial charge is 0.338 e. The van der Waals surface area contributed by atoms with Crippen LogP contribution in [0.3, 0.4) is 0 Å². The zero-order valence-corrected chi connectivity index (χ0v) is 14.7. The molecule has 7 heteroatoms. The molecule has 1 aliphatic heterocycles. The molecule has 0 radical (unpaired) electrons. The summed E-state index contributed by atoms with van der Waals surface area (Å²) in [7, 11) is 0. The summed E-state index contributed by atoms with van der Waals surface area (Å²) in [5.41, 5.74) is 0.735. The highest BCUT2D eigenvalue weighted by molar-refractivity contribution is 5.95. The first-order chi connectivity index (χ1) is 13.1. The number of ether oxygens (including phenoxy) is 3. The van der Waals surface area contributed by atoms with Crippen molar-refractivity contribution in [3.63, 3.8) is 0 Å². The van der Waals surface area contributed by atoms with Gasteiger partial charge in [0.25, 0.3) is 5.91 Å². The molecule has 0 saturated carbocycles. The third-order valence-corrected chi connectivity index (χ3v) is 4.01. The van der Waals surface area contributed by atoms with Crippen LogP contribution >= 0.6 is 0 Å². The number of rotatable bonds is 7. The zero-order valence-electron chi connectivity index (χ0n) is 14.7. The second-order valence-electron chi connectivity index (χ2n) is 6.10. The number of benzene rings is 2. The Hall–Kier alpha value is -2.93. The molecule has 27 heavy (non-hydrogen) atoms. The quantitative estimate of drug-likeness (QED) is 0.755. The first-order valence-corrected chi connectivity index (χ1v) is 8.67. The number of amides is 1. The molecule has 1 N–H and O–H groups in total. The van der Waals surface area contributed by atoms with Crippen LogP contribution in [0.5, 0.6) is 5.75 Å². The minimum atomic E-state index is -0.616. The van der Waals surface area contributed by atoms with Crippen molar-refractivity contribution in [3.8, 4) is 5.75 Å². The summed E-state index contributed by atoms with van der Waals surface area (Å²) in [6.45, 7) is 0.814. The lowest BCUT2D eigenvalue weighted by molar-refractivity contribution is -0.119. The number of nitrogens with one attached hydrogen (secondary N) is 1. The standard InChI is InChI=1S/C20H20FNO5/c21-15-5-7-16(8-6-15)22-19(23)13-27-20(24)14-3-9-17(10-4-14)26-12-18-2-1-11-25-18/h3-10,18H,1-2,11-13H2,(H,22,23)/t18-/m0/s1. The predicted octanol–water partition coefficient (Wildman–Crippen LogP) is 3.18. The fourth-order valence-electron chi connectivity index (χ4n) is 2.60. The summed E-state index contributed by atoms with van der Waals surface area (Å²) < 4.78 is 28.9. The van der Waals surface area contributed by atoms with Crippen LogP contribution in [-0.4, -0.2) is 37.8 Å². The maximum absolute atomic E-state index is 12.8. The van der Waals surface area contributed by atoms with E-state index >= 15 is 0 Å². The van der Waals surface area contributed by atoms with Gasteiger partial charge in [-0.1, -0.05) is 0 Å². The first-order valence-electron chi connectivity index (χ1n) is 8.67. The van der Waals surface area contributed by atoms with Crippen molar-refractivity contribution in [2.24, 2.45) is 0 Å². The second-order valence-corrected chi connectivity index (χ2v) is 6.10. The van der Waals surface area contributed by atoms with E-state index in [4.69, 9.17) is 14.2 Å². The molecule has 1 atom stereocenters. The SMILES string of the molecule is O=C(COC(=O)c1ccc(OC[C@@H]2CCCO2)cc1)Nc1ccc(F)cc1. The van der Waals surface area contributed by atoms with E-state index in [0.717, 1.165) is 19.4 Å². The summed E-state index contributed by atoms with van der Waals surface area (Å²) in [5, 5.41) is 2.51. The average Bonchev–Trinajstić information content (AvgIpc) is 3.20. The molecule has 1 saturated heterocycles. The first kappa shape index (κ1) is 18.8. The Labute approximate surface area is 156 Å². The van der Waals surface area contributed by atoms with Crippen LogP contribution in [0.25, 0.3) is 0 Å². The molecule has 1 amide bonds. The predicted molar refractivity (Wildman–Crippen MR) is 96.2 cm³/mol. The van der Waals surface area contributed by atoms with Gasteiger partial charge in [-0.25, -0.2) is 9.18 Å². The average molecular weight is 373 g/mol. The Kier molecular flexibility index (Phi) is 6.38. The Morgan fingerprint density at radius 1 is 1.11 bits per heavy atom. The lowest BCUT2D eigenvalue weighted by atomic mass is 10.2. The molecular weight excluding hydrogens is 353 g/mol. The van der Waals surface area contributed by atoms with Crippen molar-refractivity contribution < 1.29 is 28.2 Å². The highest BCUT2D eigenvalue weighted by Gasteiger charge is 2.16. The minimum absolute atomic E-state index is 0.120. The van der Waals surface area contributed by atoms with Crippen molar-refractivity contribution in [3.05, 3.63) is 59.9 Å². The second kappa shape index (κ2) is 9.14. The van der Waals surface area contributed by atoms with E-state index in [1.807, 2.05) is 0 Å². The minimum Gasteiger partial charge on any atom is -0.491 e. The van der Waals surface area contributed by atoms with Gasteiger partial charge in [0.15, 0.2) is 6.61 Å². The molecule has 0 aromatic heterocycles. The Bertz CT molecular complexity index is 770. The molecule has 3 rings (SSSR count). The molecule has 1 fully saturated rings. The third-order valence-electron chi connectivity index (χ3n) is 4.01. The molecule has 0 aliphatic carbocycles.